The number of hydrogen-bond acceptors (Lipinski definition) is 3. The Kier molecular flexibility index (Phi) is 6.91. The van der Waals surface area contributed by atoms with E-state index in [1.807, 2.05) is 24.3 Å². The number of benzene rings is 1. The van der Waals surface area contributed by atoms with Crippen molar-refractivity contribution in [3.63, 3.8) is 0 Å². The summed E-state index contributed by atoms with van der Waals surface area (Å²) < 4.78 is 1.66. The zero-order chi connectivity index (χ0) is 21.8. The maximum atomic E-state index is 13.4. The number of allylic oxidation sites excluding steroid dienone is 3. The van der Waals surface area contributed by atoms with Gasteiger partial charge in [-0.1, -0.05) is 68.1 Å². The van der Waals surface area contributed by atoms with Crippen molar-refractivity contribution in [1.82, 2.24) is 5.32 Å². The highest BCUT2D eigenvalue weighted by Crippen LogP contribution is 2.33. The molecule has 3 aliphatic rings. The van der Waals surface area contributed by atoms with E-state index >= 15 is 0 Å². The Labute approximate surface area is 189 Å². The van der Waals surface area contributed by atoms with Gasteiger partial charge in [0.15, 0.2) is 0 Å². The Morgan fingerprint density at radius 2 is 1.90 bits per heavy atom. The number of rotatable bonds is 5. The van der Waals surface area contributed by atoms with Gasteiger partial charge in [0.05, 0.1) is 0 Å². The van der Waals surface area contributed by atoms with Crippen LogP contribution >= 0.6 is 11.8 Å². The lowest BCUT2D eigenvalue weighted by molar-refractivity contribution is -0.434. The molecule has 0 aromatic heterocycles. The summed E-state index contributed by atoms with van der Waals surface area (Å²) >= 11 is 1.56. The lowest BCUT2D eigenvalue weighted by Gasteiger charge is -2.27. The van der Waals surface area contributed by atoms with Gasteiger partial charge in [-0.25, -0.2) is 4.79 Å². The predicted molar refractivity (Wildman–Crippen MR) is 128 cm³/mol. The number of nitrogens with zero attached hydrogens (tertiary/aromatic N) is 1. The van der Waals surface area contributed by atoms with Crippen LogP contribution in [0.1, 0.15) is 50.7 Å². The summed E-state index contributed by atoms with van der Waals surface area (Å²) in [6.45, 7) is 4.47. The molecule has 0 saturated heterocycles. The van der Waals surface area contributed by atoms with E-state index in [1.54, 1.807) is 16.3 Å². The third-order valence-corrected chi connectivity index (χ3v) is 7.54. The second kappa shape index (κ2) is 9.82. The van der Waals surface area contributed by atoms with Gasteiger partial charge in [0.25, 0.3) is 5.91 Å². The Morgan fingerprint density at radius 3 is 2.61 bits per heavy atom. The van der Waals surface area contributed by atoms with Gasteiger partial charge in [0.2, 0.25) is 12.3 Å². The Bertz CT molecular complexity index is 964. The van der Waals surface area contributed by atoms with E-state index in [1.165, 1.54) is 5.56 Å². The van der Waals surface area contributed by atoms with Crippen LogP contribution in [0.15, 0.2) is 53.5 Å². The zero-order valence-electron chi connectivity index (χ0n) is 18.3. The smallest absolute Gasteiger partial charge is 0.348 e. The van der Waals surface area contributed by atoms with Crippen LogP contribution in [-0.2, 0) is 16.0 Å². The molecule has 0 spiro atoms. The van der Waals surface area contributed by atoms with E-state index in [2.05, 4.69) is 49.5 Å². The SMILES string of the molecule is CCc1ccc(/C=C2/SC3C=CC=CC3=[N+](CC(=O)NC3CCC(C)CC3)C2=O)cc1. The van der Waals surface area contributed by atoms with E-state index in [-0.39, 0.29) is 29.7 Å². The lowest BCUT2D eigenvalue weighted by Crippen LogP contribution is -2.46. The molecular formula is C26H31N2O2S+. The molecule has 0 radical (unpaired) electrons. The van der Waals surface area contributed by atoms with Crippen molar-refractivity contribution in [2.24, 2.45) is 5.92 Å². The number of hydrogen-bond donors (Lipinski definition) is 1. The fraction of sp³-hybridized carbons (Fsp3) is 0.423. The van der Waals surface area contributed by atoms with Gasteiger partial charge < -0.3 is 5.32 Å². The highest BCUT2D eigenvalue weighted by molar-refractivity contribution is 8.05. The predicted octanol–water partition coefficient (Wildman–Crippen LogP) is 4.51. The molecule has 1 unspecified atom stereocenters. The van der Waals surface area contributed by atoms with Crippen molar-refractivity contribution < 1.29 is 14.2 Å². The van der Waals surface area contributed by atoms with Crippen molar-refractivity contribution in [3.8, 4) is 0 Å². The van der Waals surface area contributed by atoms with Gasteiger partial charge in [-0.05, 0) is 55.2 Å². The van der Waals surface area contributed by atoms with Crippen molar-refractivity contribution in [2.45, 2.75) is 57.2 Å². The first-order valence-electron chi connectivity index (χ1n) is 11.3. The topological polar surface area (TPSA) is 49.2 Å². The third kappa shape index (κ3) is 5.27. The molecule has 1 aromatic rings. The monoisotopic (exact) mass is 435 g/mol. The normalized spacial score (nSPS) is 26.8. The van der Waals surface area contributed by atoms with Crippen LogP contribution in [-0.4, -0.2) is 39.9 Å². The first-order chi connectivity index (χ1) is 15.0. The molecule has 0 bridgehead atoms. The molecule has 1 heterocycles. The number of fused-ring (bicyclic) bond motifs is 1. The number of aryl methyl sites for hydroxylation is 1. The van der Waals surface area contributed by atoms with E-state index in [4.69, 9.17) is 0 Å². The zero-order valence-corrected chi connectivity index (χ0v) is 19.2. The van der Waals surface area contributed by atoms with Crippen LogP contribution in [0.2, 0.25) is 0 Å². The van der Waals surface area contributed by atoms with E-state index in [9.17, 15) is 9.59 Å². The van der Waals surface area contributed by atoms with Gasteiger partial charge in [-0.15, -0.1) is 4.58 Å². The molecule has 1 N–H and O–H groups in total. The van der Waals surface area contributed by atoms with Crippen LogP contribution in [0.3, 0.4) is 0 Å². The number of carbonyl (C=O) groups is 2. The molecule has 2 aliphatic carbocycles. The van der Waals surface area contributed by atoms with Crippen LogP contribution in [0, 0.1) is 5.92 Å². The van der Waals surface area contributed by atoms with Gasteiger partial charge in [-0.2, -0.15) is 0 Å². The summed E-state index contributed by atoms with van der Waals surface area (Å²) in [4.78, 5) is 26.9. The van der Waals surface area contributed by atoms with Gasteiger partial charge in [0.1, 0.15) is 10.2 Å². The Morgan fingerprint density at radius 1 is 1.16 bits per heavy atom. The average Bonchev–Trinajstić information content (AvgIpc) is 2.78. The maximum Gasteiger partial charge on any atom is 0.426 e. The maximum absolute atomic E-state index is 13.4. The van der Waals surface area contributed by atoms with Gasteiger partial charge in [0, 0.05) is 12.1 Å². The second-order valence-corrected chi connectivity index (χ2v) is 9.91. The number of carbonyl (C=O) groups excluding carboxylic acids is 2. The minimum absolute atomic E-state index is 0.0483. The molecule has 5 heteroatoms. The molecular weight excluding hydrogens is 404 g/mol. The van der Waals surface area contributed by atoms with E-state index in [0.29, 0.717) is 4.91 Å². The van der Waals surface area contributed by atoms with Crippen LogP contribution in [0.25, 0.3) is 6.08 Å². The molecule has 31 heavy (non-hydrogen) atoms. The van der Waals surface area contributed by atoms with E-state index < -0.39 is 0 Å². The van der Waals surface area contributed by atoms with Crippen LogP contribution in [0.5, 0.6) is 0 Å². The van der Waals surface area contributed by atoms with Gasteiger partial charge in [-0.3, -0.25) is 4.79 Å². The quantitative estimate of drug-likeness (QED) is 0.547. The largest absolute Gasteiger partial charge is 0.426 e. The first-order valence-corrected chi connectivity index (χ1v) is 12.2. The van der Waals surface area contributed by atoms with Gasteiger partial charge >= 0.3 is 5.91 Å². The third-order valence-electron chi connectivity index (χ3n) is 6.35. The standard InChI is InChI=1S/C26H30N2O2S/c1-3-19-10-12-20(13-11-19)16-24-26(30)28(22-6-4-5-7-23(22)31-24)17-25(29)27-21-14-8-18(2)9-15-21/h4-7,10-13,16,18,21,23H,3,8-9,14-15,17H2,1-2H3/p+1/b24-16+. The Hall–Kier alpha value is -2.40. The molecule has 1 aliphatic heterocycles. The van der Waals surface area contributed by atoms with Crippen LogP contribution < -0.4 is 5.32 Å². The molecule has 1 aromatic carbocycles. The van der Waals surface area contributed by atoms with Crippen molar-refractivity contribution in [1.29, 1.82) is 0 Å². The molecule has 1 saturated carbocycles. The lowest BCUT2D eigenvalue weighted by atomic mass is 9.87. The molecule has 4 nitrogen and oxygen atoms in total. The van der Waals surface area contributed by atoms with Crippen LogP contribution in [0.4, 0.5) is 0 Å². The number of nitrogens with one attached hydrogen (secondary N) is 1. The highest BCUT2D eigenvalue weighted by Gasteiger charge is 2.40. The Balaban J connectivity index is 1.54. The molecule has 2 amide bonds. The second-order valence-electron chi connectivity index (χ2n) is 8.73. The minimum atomic E-state index is -0.0943. The van der Waals surface area contributed by atoms with Crippen molar-refractivity contribution in [3.05, 3.63) is 64.6 Å². The molecule has 4 rings (SSSR count). The summed E-state index contributed by atoms with van der Waals surface area (Å²) in [6.07, 6.45) is 15.3. The summed E-state index contributed by atoms with van der Waals surface area (Å²) in [5.41, 5.74) is 3.17. The summed E-state index contributed by atoms with van der Waals surface area (Å²) in [6, 6.07) is 8.53. The first kappa shape index (κ1) is 21.8. The summed E-state index contributed by atoms with van der Waals surface area (Å²) in [7, 11) is 0. The summed E-state index contributed by atoms with van der Waals surface area (Å²) in [5, 5.41) is 3.21. The fourth-order valence-electron chi connectivity index (χ4n) is 4.37. The molecule has 162 valence electrons. The molecule has 1 atom stereocenters. The number of thioether (sulfide) groups is 1. The number of amides is 2. The highest BCUT2D eigenvalue weighted by atomic mass is 32.2. The molecule has 1 fully saturated rings. The minimum Gasteiger partial charge on any atom is -0.348 e. The van der Waals surface area contributed by atoms with E-state index in [0.717, 1.165) is 49.3 Å². The average molecular weight is 436 g/mol. The van der Waals surface area contributed by atoms with Crippen molar-refractivity contribution >= 4 is 35.4 Å². The van der Waals surface area contributed by atoms with Crippen molar-refractivity contribution in [2.75, 3.05) is 6.54 Å². The summed E-state index contributed by atoms with van der Waals surface area (Å²) in [5.74, 6) is 0.576. The fourth-order valence-corrected chi connectivity index (χ4v) is 5.56.